The van der Waals surface area contributed by atoms with Gasteiger partial charge in [-0.3, -0.25) is 4.79 Å². The average Bonchev–Trinajstić information content (AvgIpc) is 3.06. The minimum absolute atomic E-state index is 0. The Balaban J connectivity index is 0.00000184. The molecule has 234 valence electrons. The van der Waals surface area contributed by atoms with Crippen LogP contribution in [0.15, 0.2) is 146 Å². The van der Waals surface area contributed by atoms with Crippen LogP contribution in [-0.2, 0) is 4.79 Å². The molecule has 0 amide bonds. The maximum absolute atomic E-state index is 11.1. The summed E-state index contributed by atoms with van der Waals surface area (Å²) in [5.41, 5.74) is 8.73. The molecule has 1 N–H and O–H groups in total. The van der Waals surface area contributed by atoms with Crippen molar-refractivity contribution in [3.8, 4) is 50.5 Å². The molecular formula is C38H34Cl2N2O4. The largest absolute Gasteiger partial charge is 1.00 e. The highest BCUT2D eigenvalue weighted by Gasteiger charge is 2.11. The molecule has 0 aliphatic heterocycles. The molecule has 6 nitrogen and oxygen atoms in total. The molecule has 2 aromatic heterocycles. The van der Waals surface area contributed by atoms with Gasteiger partial charge in [0.25, 0.3) is 6.47 Å². The molecule has 0 aliphatic rings. The highest BCUT2D eigenvalue weighted by atomic mass is 35.5. The van der Waals surface area contributed by atoms with E-state index >= 15 is 0 Å². The number of carbonyl (C=O) groups is 2. The van der Waals surface area contributed by atoms with Gasteiger partial charge in [0.2, 0.25) is 11.4 Å². The van der Waals surface area contributed by atoms with Gasteiger partial charge in [-0.2, -0.15) is 9.13 Å². The van der Waals surface area contributed by atoms with Crippen LogP contribution < -0.4 is 38.7 Å². The third-order valence-corrected chi connectivity index (χ3v) is 7.16. The van der Waals surface area contributed by atoms with E-state index in [1.807, 2.05) is 60.9 Å². The molecule has 0 bridgehead atoms. The molecule has 0 radical (unpaired) electrons. The number of pyridine rings is 2. The Kier molecular flexibility index (Phi) is 13.4. The van der Waals surface area contributed by atoms with Crippen LogP contribution >= 0.6 is 0 Å². The zero-order valence-electron chi connectivity index (χ0n) is 23.3. The molecule has 0 aliphatic carbocycles. The zero-order chi connectivity index (χ0) is 28.9. The smallest absolute Gasteiger partial charge is 0.335 e. The molecule has 8 heteroatoms. The maximum atomic E-state index is 11.1. The number of ether oxygens (including phenoxy) is 1. The van der Waals surface area contributed by atoms with Crippen molar-refractivity contribution in [2.45, 2.75) is 14.9 Å². The van der Waals surface area contributed by atoms with E-state index in [9.17, 15) is 9.59 Å². The molecule has 6 rings (SSSR count). The van der Waals surface area contributed by atoms with E-state index in [1.54, 1.807) is 24.3 Å². The van der Waals surface area contributed by atoms with Crippen LogP contribution in [0.1, 0.15) is 25.2 Å². The van der Waals surface area contributed by atoms with Crippen molar-refractivity contribution in [1.29, 1.82) is 0 Å². The molecule has 6 aromatic rings. The molecular weight excluding hydrogens is 619 g/mol. The molecule has 0 unspecified atom stereocenters. The summed E-state index contributed by atoms with van der Waals surface area (Å²) in [6, 6.07) is 39.2. The number of aromatic carboxylic acids is 1. The summed E-state index contributed by atoms with van der Waals surface area (Å²) >= 11 is 0. The minimum Gasteiger partial charge on any atom is -1.00 e. The number of hydrogen-bond acceptors (Lipinski definition) is 3. The van der Waals surface area contributed by atoms with Crippen molar-refractivity contribution in [3.05, 3.63) is 152 Å². The monoisotopic (exact) mass is 652 g/mol. The third-order valence-electron chi connectivity index (χ3n) is 7.16. The van der Waals surface area contributed by atoms with Gasteiger partial charge >= 0.3 is 5.97 Å². The van der Waals surface area contributed by atoms with E-state index in [-0.39, 0.29) is 45.2 Å². The van der Waals surface area contributed by atoms with Crippen LogP contribution in [0.4, 0.5) is 0 Å². The second-order valence-electron chi connectivity index (χ2n) is 9.70. The average molecular weight is 654 g/mol. The van der Waals surface area contributed by atoms with E-state index < -0.39 is 5.97 Å². The molecule has 0 spiro atoms. The van der Waals surface area contributed by atoms with Crippen LogP contribution in [0.2, 0.25) is 0 Å². The predicted molar refractivity (Wildman–Crippen MR) is 173 cm³/mol. The Labute approximate surface area is 282 Å². The van der Waals surface area contributed by atoms with Crippen molar-refractivity contribution in [3.63, 3.8) is 0 Å². The third kappa shape index (κ3) is 8.24. The summed E-state index contributed by atoms with van der Waals surface area (Å²) in [4.78, 5) is 21.6. The van der Waals surface area contributed by atoms with Crippen molar-refractivity contribution in [1.82, 2.24) is 0 Å². The van der Waals surface area contributed by atoms with Crippen LogP contribution in [0.3, 0.4) is 0 Å². The summed E-state index contributed by atoms with van der Waals surface area (Å²) in [7, 11) is 0. The van der Waals surface area contributed by atoms with Gasteiger partial charge in [-0.25, -0.2) is 4.79 Å². The maximum Gasteiger partial charge on any atom is 0.335 e. The molecule has 2 heterocycles. The summed E-state index contributed by atoms with van der Waals surface area (Å²) in [6.07, 6.45) is 8.20. The summed E-state index contributed by atoms with van der Waals surface area (Å²) in [5, 5.41) is 9.11. The number of nitrogens with zero attached hydrogens (tertiary/aromatic N) is 2. The quantitative estimate of drug-likeness (QED) is 0.201. The van der Waals surface area contributed by atoms with Crippen LogP contribution in [0.25, 0.3) is 44.8 Å². The van der Waals surface area contributed by atoms with Gasteiger partial charge in [0.15, 0.2) is 24.8 Å². The fourth-order valence-corrected chi connectivity index (χ4v) is 4.82. The lowest BCUT2D eigenvalue weighted by Gasteiger charge is -2.05. The normalized spacial score (nSPS) is 9.74. The number of hydrogen-bond donors (Lipinski definition) is 1. The Hall–Kier alpha value is -5.30. The topological polar surface area (TPSA) is 71.4 Å². The van der Waals surface area contributed by atoms with Gasteiger partial charge in [0.1, 0.15) is 5.75 Å². The lowest BCUT2D eigenvalue weighted by Crippen LogP contribution is -3.00. The molecule has 0 fully saturated rings. The summed E-state index contributed by atoms with van der Waals surface area (Å²) in [5.74, 6) is -0.406. The fraction of sp³-hybridized carbons (Fsp3) is 0.0526. The zero-order valence-corrected chi connectivity index (χ0v) is 24.8. The molecule has 0 saturated carbocycles. The SMILES string of the molecule is C.C.O=COc1ccc(-c2ccc(-[n+]3ccc(-c4cc[n+](-c5ccc(-c6ccc(C(=O)O)cc6)cc5)cc4)cc3)cc2)cc1.[Cl-].[Cl-]. The first-order valence-corrected chi connectivity index (χ1v) is 13.4. The lowest BCUT2D eigenvalue weighted by molar-refractivity contribution is -0.596. The van der Waals surface area contributed by atoms with E-state index in [1.165, 1.54) is 0 Å². The van der Waals surface area contributed by atoms with Crippen LogP contribution in [0, 0.1) is 0 Å². The molecule has 0 saturated heterocycles. The Bertz CT molecular complexity index is 1840. The van der Waals surface area contributed by atoms with Gasteiger partial charge in [0, 0.05) is 48.5 Å². The van der Waals surface area contributed by atoms with Gasteiger partial charge in [-0.05, 0) is 81.9 Å². The standard InChI is InChI=1S/C36H25N2O4.2CH4.2ClH/c39-25-42-35-15-9-29(10-16-35)28-7-13-34(14-8-28)38-23-19-31(20-24-38)30-17-21-37(22-18-30)33-11-5-27(6-12-33)26-1-3-32(4-2-26)36(40)41;;;;/h1-25H;2*1H4;2*1H/q+1;;;;/p-1. The Morgan fingerprint density at radius 2 is 0.804 bits per heavy atom. The van der Waals surface area contributed by atoms with Crippen molar-refractivity contribution in [2.24, 2.45) is 0 Å². The lowest BCUT2D eigenvalue weighted by atomic mass is 10.0. The molecule has 4 aromatic carbocycles. The van der Waals surface area contributed by atoms with Gasteiger partial charge < -0.3 is 34.7 Å². The van der Waals surface area contributed by atoms with E-state index in [4.69, 9.17) is 9.84 Å². The number of benzene rings is 4. The first kappa shape index (κ1) is 36.9. The summed E-state index contributed by atoms with van der Waals surface area (Å²) in [6.45, 7) is 0.426. The minimum atomic E-state index is -0.926. The number of rotatable bonds is 8. The fourth-order valence-electron chi connectivity index (χ4n) is 4.82. The second-order valence-corrected chi connectivity index (χ2v) is 9.70. The number of aromatic nitrogens is 2. The van der Waals surface area contributed by atoms with Crippen molar-refractivity contribution >= 4 is 12.4 Å². The first-order valence-electron chi connectivity index (χ1n) is 13.4. The first-order chi connectivity index (χ1) is 20.6. The highest BCUT2D eigenvalue weighted by molar-refractivity contribution is 5.88. The van der Waals surface area contributed by atoms with Crippen LogP contribution in [0.5, 0.6) is 5.75 Å². The second kappa shape index (κ2) is 16.7. The van der Waals surface area contributed by atoms with Crippen LogP contribution in [-0.4, -0.2) is 17.5 Å². The van der Waals surface area contributed by atoms with E-state index in [0.29, 0.717) is 12.2 Å². The van der Waals surface area contributed by atoms with Crippen molar-refractivity contribution in [2.75, 3.05) is 0 Å². The van der Waals surface area contributed by atoms with Gasteiger partial charge in [-0.1, -0.05) is 39.1 Å². The molecule has 46 heavy (non-hydrogen) atoms. The number of carboxylic acid groups (broad SMARTS) is 1. The van der Waals surface area contributed by atoms with Gasteiger partial charge in [-0.15, -0.1) is 0 Å². The Morgan fingerprint density at radius 1 is 0.500 bits per heavy atom. The highest BCUT2D eigenvalue weighted by Crippen LogP contribution is 2.24. The van der Waals surface area contributed by atoms with Crippen molar-refractivity contribution < 1.29 is 53.4 Å². The predicted octanol–water partition coefficient (Wildman–Crippen LogP) is 1.75. The molecule has 0 atom stereocenters. The van der Waals surface area contributed by atoms with E-state index in [2.05, 4.69) is 70.1 Å². The number of carboxylic acids is 1. The number of halogens is 2. The summed E-state index contributed by atoms with van der Waals surface area (Å²) < 4.78 is 9.01. The Morgan fingerprint density at radius 3 is 1.13 bits per heavy atom. The van der Waals surface area contributed by atoms with Gasteiger partial charge in [0.05, 0.1) is 5.56 Å². The number of carbonyl (C=O) groups excluding carboxylic acids is 1. The van der Waals surface area contributed by atoms with E-state index in [0.717, 1.165) is 44.8 Å².